The van der Waals surface area contributed by atoms with E-state index >= 15 is 0 Å². The molecule has 0 aliphatic heterocycles. The molecule has 1 heterocycles. The van der Waals surface area contributed by atoms with Gasteiger partial charge in [-0.05, 0) is 36.7 Å². The summed E-state index contributed by atoms with van der Waals surface area (Å²) in [5, 5.41) is 10.2. The number of aromatic nitrogens is 1. The van der Waals surface area contributed by atoms with E-state index < -0.39 is 17.9 Å². The van der Waals surface area contributed by atoms with E-state index in [0.29, 0.717) is 37.2 Å². The van der Waals surface area contributed by atoms with Gasteiger partial charge in [0.2, 0.25) is 5.43 Å². The second kappa shape index (κ2) is 12.4. The van der Waals surface area contributed by atoms with Gasteiger partial charge in [0, 0.05) is 25.2 Å². The largest absolute Gasteiger partial charge is 0.483 e. The molecule has 0 atom stereocenters. The highest BCUT2D eigenvalue weighted by Gasteiger charge is 2.22. The molecule has 8 heteroatoms. The van der Waals surface area contributed by atoms with E-state index in [4.69, 9.17) is 16.3 Å². The van der Waals surface area contributed by atoms with Crippen LogP contribution in [-0.2, 0) is 32.7 Å². The fourth-order valence-electron chi connectivity index (χ4n) is 3.89. The van der Waals surface area contributed by atoms with Crippen molar-refractivity contribution in [3.63, 3.8) is 0 Å². The van der Waals surface area contributed by atoms with Gasteiger partial charge in [-0.15, -0.1) is 6.58 Å². The molecule has 0 aliphatic carbocycles. The SMILES string of the molecule is C=CCc1c(CO)n(CCN(C)Cc2ccc(F)c(Cl)c2)c(C=O)c(OCc2ccccc2)c1=O. The average molecular weight is 499 g/mol. The lowest BCUT2D eigenvalue weighted by Crippen LogP contribution is -2.30. The van der Waals surface area contributed by atoms with E-state index in [2.05, 4.69) is 6.58 Å². The molecule has 0 radical (unpaired) electrons. The van der Waals surface area contributed by atoms with Crippen LogP contribution in [0.5, 0.6) is 5.75 Å². The van der Waals surface area contributed by atoms with Crippen LogP contribution in [0.25, 0.3) is 0 Å². The van der Waals surface area contributed by atoms with Crippen molar-refractivity contribution in [1.29, 1.82) is 0 Å². The van der Waals surface area contributed by atoms with Gasteiger partial charge in [-0.1, -0.05) is 54.1 Å². The van der Waals surface area contributed by atoms with E-state index in [1.54, 1.807) is 22.8 Å². The predicted molar refractivity (Wildman–Crippen MR) is 134 cm³/mol. The van der Waals surface area contributed by atoms with Crippen molar-refractivity contribution in [2.24, 2.45) is 0 Å². The molecule has 1 N–H and O–H groups in total. The molecule has 0 spiro atoms. The molecule has 1 aromatic heterocycles. The van der Waals surface area contributed by atoms with Crippen LogP contribution in [0.15, 0.2) is 66.0 Å². The van der Waals surface area contributed by atoms with Gasteiger partial charge >= 0.3 is 0 Å². The Morgan fingerprint density at radius 2 is 1.94 bits per heavy atom. The van der Waals surface area contributed by atoms with Crippen molar-refractivity contribution in [1.82, 2.24) is 9.47 Å². The van der Waals surface area contributed by atoms with Crippen LogP contribution in [0.4, 0.5) is 4.39 Å². The van der Waals surface area contributed by atoms with Crippen LogP contribution in [0.1, 0.15) is 32.9 Å². The highest BCUT2D eigenvalue weighted by Crippen LogP contribution is 2.21. The molecule has 184 valence electrons. The van der Waals surface area contributed by atoms with Crippen molar-refractivity contribution in [2.75, 3.05) is 13.6 Å². The smallest absolute Gasteiger partial charge is 0.228 e. The number of hydrogen-bond acceptors (Lipinski definition) is 5. The number of rotatable bonds is 12. The van der Waals surface area contributed by atoms with Crippen LogP contribution in [0.2, 0.25) is 5.02 Å². The number of aliphatic hydroxyl groups is 1. The lowest BCUT2D eigenvalue weighted by atomic mass is 10.1. The molecular formula is C27H28ClFN2O4. The Bertz CT molecular complexity index is 1240. The number of halogens is 2. The van der Waals surface area contributed by atoms with Gasteiger partial charge in [0.25, 0.3) is 0 Å². The lowest BCUT2D eigenvalue weighted by molar-refractivity contribution is 0.110. The van der Waals surface area contributed by atoms with E-state index in [1.165, 1.54) is 6.07 Å². The number of carbonyl (C=O) groups excluding carboxylic acids is 1. The summed E-state index contributed by atoms with van der Waals surface area (Å²) in [6.45, 7) is 4.68. The van der Waals surface area contributed by atoms with Crippen LogP contribution in [0, 0.1) is 5.82 Å². The summed E-state index contributed by atoms with van der Waals surface area (Å²) in [6.07, 6.45) is 2.38. The number of aliphatic hydroxyl groups excluding tert-OH is 1. The topological polar surface area (TPSA) is 71.8 Å². The monoisotopic (exact) mass is 498 g/mol. The Balaban J connectivity index is 1.92. The normalized spacial score (nSPS) is 11.0. The van der Waals surface area contributed by atoms with Gasteiger partial charge in [0.05, 0.1) is 17.3 Å². The maximum atomic E-state index is 13.5. The maximum absolute atomic E-state index is 13.5. The van der Waals surface area contributed by atoms with Crippen molar-refractivity contribution >= 4 is 17.9 Å². The number of aldehydes is 1. The minimum atomic E-state index is -0.479. The molecule has 0 amide bonds. The molecule has 35 heavy (non-hydrogen) atoms. The van der Waals surface area contributed by atoms with Gasteiger partial charge in [0.1, 0.15) is 18.1 Å². The Kier molecular flexibility index (Phi) is 9.37. The summed E-state index contributed by atoms with van der Waals surface area (Å²) < 4.78 is 20.9. The Morgan fingerprint density at radius 3 is 2.57 bits per heavy atom. The van der Waals surface area contributed by atoms with Crippen molar-refractivity contribution < 1.29 is 19.0 Å². The third-order valence-electron chi connectivity index (χ3n) is 5.66. The van der Waals surface area contributed by atoms with Crippen molar-refractivity contribution in [3.8, 4) is 5.75 Å². The highest BCUT2D eigenvalue weighted by molar-refractivity contribution is 6.30. The molecule has 0 saturated carbocycles. The second-order valence-corrected chi connectivity index (χ2v) is 8.56. The first-order chi connectivity index (χ1) is 16.9. The first kappa shape index (κ1) is 26.3. The van der Waals surface area contributed by atoms with E-state index in [-0.39, 0.29) is 29.5 Å². The van der Waals surface area contributed by atoms with E-state index in [9.17, 15) is 19.1 Å². The van der Waals surface area contributed by atoms with Gasteiger partial charge in [-0.2, -0.15) is 0 Å². The molecular weight excluding hydrogens is 471 g/mol. The average Bonchev–Trinajstić information content (AvgIpc) is 2.86. The molecule has 3 rings (SSSR count). The molecule has 2 aromatic carbocycles. The number of benzene rings is 2. The first-order valence-electron chi connectivity index (χ1n) is 11.1. The molecule has 0 saturated heterocycles. The number of likely N-dealkylation sites (N-methyl/N-ethyl adjacent to an activating group) is 1. The number of carbonyl (C=O) groups is 1. The fourth-order valence-corrected chi connectivity index (χ4v) is 4.10. The number of allylic oxidation sites excluding steroid dienone is 1. The van der Waals surface area contributed by atoms with Crippen molar-refractivity contribution in [2.45, 2.75) is 32.7 Å². The zero-order valence-electron chi connectivity index (χ0n) is 19.5. The molecule has 0 aliphatic rings. The van der Waals surface area contributed by atoms with Crippen LogP contribution >= 0.6 is 11.6 Å². The first-order valence-corrected chi connectivity index (χ1v) is 11.5. The molecule has 6 nitrogen and oxygen atoms in total. The Hall–Kier alpha value is -3.26. The number of nitrogens with zero attached hydrogens (tertiary/aromatic N) is 2. The third-order valence-corrected chi connectivity index (χ3v) is 5.95. The quantitative estimate of drug-likeness (QED) is 0.296. The maximum Gasteiger partial charge on any atom is 0.228 e. The Labute approximate surface area is 208 Å². The Morgan fingerprint density at radius 1 is 1.20 bits per heavy atom. The summed E-state index contributed by atoms with van der Waals surface area (Å²) >= 11 is 5.89. The van der Waals surface area contributed by atoms with Gasteiger partial charge in [-0.3, -0.25) is 9.59 Å². The zero-order valence-corrected chi connectivity index (χ0v) is 20.3. The number of ether oxygens (including phenoxy) is 1. The van der Waals surface area contributed by atoms with Gasteiger partial charge < -0.3 is 19.3 Å². The van der Waals surface area contributed by atoms with Crippen LogP contribution in [0.3, 0.4) is 0 Å². The van der Waals surface area contributed by atoms with Crippen LogP contribution < -0.4 is 10.2 Å². The summed E-state index contributed by atoms with van der Waals surface area (Å²) in [5.74, 6) is -0.529. The molecule has 0 unspecified atom stereocenters. The van der Waals surface area contributed by atoms with E-state index in [0.717, 1.165) is 11.1 Å². The number of pyridine rings is 1. The third kappa shape index (κ3) is 6.45. The van der Waals surface area contributed by atoms with Crippen LogP contribution in [-0.4, -0.2) is 34.5 Å². The molecule has 0 fully saturated rings. The standard InChI is InChI=1S/C27H28ClFN2O4/c1-3-7-21-24(16-32)31(13-12-30(2)15-20-10-11-23(29)22(28)14-20)25(17-33)27(26(21)34)35-18-19-8-5-4-6-9-19/h3-6,8-11,14,17,32H,1,7,12-13,15-16,18H2,2H3. The minimum absolute atomic E-state index is 0.0501. The molecule has 3 aromatic rings. The van der Waals surface area contributed by atoms with Gasteiger partial charge in [0.15, 0.2) is 12.0 Å². The summed E-state index contributed by atoms with van der Waals surface area (Å²) in [5.41, 5.74) is 2.01. The summed E-state index contributed by atoms with van der Waals surface area (Å²) in [7, 11) is 1.87. The summed E-state index contributed by atoms with van der Waals surface area (Å²) in [4.78, 5) is 27.3. The summed E-state index contributed by atoms with van der Waals surface area (Å²) in [6, 6.07) is 13.9. The second-order valence-electron chi connectivity index (χ2n) is 8.15. The minimum Gasteiger partial charge on any atom is -0.483 e. The molecule has 0 bridgehead atoms. The van der Waals surface area contributed by atoms with Crippen molar-refractivity contribution in [3.05, 3.63) is 110 Å². The predicted octanol–water partition coefficient (Wildman–Crippen LogP) is 4.39. The number of hydrogen-bond donors (Lipinski definition) is 1. The van der Waals surface area contributed by atoms with E-state index in [1.807, 2.05) is 42.3 Å². The fraction of sp³-hybridized carbons (Fsp3) is 0.259. The zero-order chi connectivity index (χ0) is 25.4. The lowest BCUT2D eigenvalue weighted by Gasteiger charge is -2.24. The highest BCUT2D eigenvalue weighted by atomic mass is 35.5. The van der Waals surface area contributed by atoms with Gasteiger partial charge in [-0.25, -0.2) is 4.39 Å².